The molecule has 8 nitrogen and oxygen atoms in total. The second-order valence-corrected chi connectivity index (χ2v) is 11.9. The Bertz CT molecular complexity index is 1630. The Hall–Kier alpha value is -4.34. The molecule has 1 atom stereocenters. The molecule has 5 N–H and O–H groups in total. The maximum atomic E-state index is 14.0. The van der Waals surface area contributed by atoms with Crippen LogP contribution in [-0.2, 0) is 22.7 Å². The smallest absolute Gasteiger partial charge is 0.314 e. The fourth-order valence-electron chi connectivity index (χ4n) is 4.94. The number of nitrogens with two attached hydrogens (primary N) is 1. The van der Waals surface area contributed by atoms with E-state index >= 15 is 0 Å². The molecule has 1 aliphatic heterocycles. The average molecular weight is 582 g/mol. The minimum absolute atomic E-state index is 0.177. The van der Waals surface area contributed by atoms with Gasteiger partial charge in [0, 0.05) is 24.2 Å². The number of nitrogens with one attached hydrogen (secondary N) is 3. The molecule has 0 fully saturated rings. The van der Waals surface area contributed by atoms with Gasteiger partial charge in [-0.25, -0.2) is 4.79 Å². The van der Waals surface area contributed by atoms with E-state index in [4.69, 9.17) is 5.73 Å². The van der Waals surface area contributed by atoms with Gasteiger partial charge in [-0.1, -0.05) is 78.9 Å². The summed E-state index contributed by atoms with van der Waals surface area (Å²) in [6.07, 6.45) is 0. The maximum Gasteiger partial charge on any atom is 0.314 e. The number of amides is 4. The van der Waals surface area contributed by atoms with Gasteiger partial charge in [-0.2, -0.15) is 0 Å². The molecule has 0 saturated carbocycles. The van der Waals surface area contributed by atoms with E-state index < -0.39 is 11.6 Å². The van der Waals surface area contributed by atoms with Crippen molar-refractivity contribution in [1.29, 1.82) is 0 Å². The van der Waals surface area contributed by atoms with Crippen molar-refractivity contribution in [2.75, 3.05) is 17.7 Å². The van der Waals surface area contributed by atoms with Crippen molar-refractivity contribution in [1.82, 2.24) is 16.0 Å². The van der Waals surface area contributed by atoms with Crippen LogP contribution in [0.3, 0.4) is 0 Å². The number of hydrogen-bond donors (Lipinski definition) is 4. The molecule has 9 heteroatoms. The second kappa shape index (κ2) is 12.3. The number of fused-ring (bicyclic) bond motifs is 3. The average Bonchev–Trinajstić information content (AvgIpc) is 3.12. The predicted octanol–water partition coefficient (Wildman–Crippen LogP) is 4.80. The highest BCUT2D eigenvalue weighted by Gasteiger charge is 2.35. The number of anilines is 1. The van der Waals surface area contributed by atoms with Crippen molar-refractivity contribution in [2.24, 2.45) is 5.73 Å². The van der Waals surface area contributed by atoms with Gasteiger partial charge in [-0.05, 0) is 52.9 Å². The van der Waals surface area contributed by atoms with Crippen LogP contribution in [0.5, 0.6) is 0 Å². The molecular formula is C33H35N5O3S. The van der Waals surface area contributed by atoms with Gasteiger partial charge in [0.05, 0.1) is 17.8 Å². The number of carbonyl (C=O) groups excluding carboxylic acids is 3. The van der Waals surface area contributed by atoms with Crippen molar-refractivity contribution >= 4 is 46.1 Å². The van der Waals surface area contributed by atoms with Crippen LogP contribution in [0.4, 0.5) is 10.5 Å². The van der Waals surface area contributed by atoms with Crippen LogP contribution in [0, 0.1) is 0 Å². The van der Waals surface area contributed by atoms with Crippen LogP contribution in [0.15, 0.2) is 89.8 Å². The first-order valence-electron chi connectivity index (χ1n) is 13.8. The third-order valence-electron chi connectivity index (χ3n) is 7.29. The molecule has 0 bridgehead atoms. The number of nitrogens with zero attached hydrogens (tertiary/aromatic N) is 1. The fraction of sp³-hybridized carbons (Fsp3) is 0.242. The maximum absolute atomic E-state index is 14.0. The predicted molar refractivity (Wildman–Crippen MR) is 169 cm³/mol. The molecule has 5 rings (SSSR count). The Balaban J connectivity index is 1.46. The first-order chi connectivity index (χ1) is 20.2. The van der Waals surface area contributed by atoms with Crippen LogP contribution in [0.1, 0.15) is 25.0 Å². The Morgan fingerprint density at radius 3 is 2.43 bits per heavy atom. The highest BCUT2D eigenvalue weighted by atomic mass is 32.2. The number of benzene rings is 4. The molecule has 1 heterocycles. The molecule has 0 aliphatic carbocycles. The zero-order valence-electron chi connectivity index (χ0n) is 23.9. The molecule has 4 aromatic rings. The van der Waals surface area contributed by atoms with E-state index in [2.05, 4.69) is 28.1 Å². The normalized spacial score (nSPS) is 15.1. The van der Waals surface area contributed by atoms with Crippen molar-refractivity contribution in [3.63, 3.8) is 0 Å². The zero-order chi connectivity index (χ0) is 29.9. The van der Waals surface area contributed by atoms with Crippen molar-refractivity contribution in [3.8, 4) is 11.1 Å². The summed E-state index contributed by atoms with van der Waals surface area (Å²) < 4.78 is 0. The van der Waals surface area contributed by atoms with E-state index in [1.807, 2.05) is 72.8 Å². The van der Waals surface area contributed by atoms with Gasteiger partial charge in [0.1, 0.15) is 6.04 Å². The lowest BCUT2D eigenvalue weighted by molar-refractivity contribution is -0.129. The topological polar surface area (TPSA) is 117 Å². The molecular weight excluding hydrogens is 546 g/mol. The quantitative estimate of drug-likeness (QED) is 0.250. The van der Waals surface area contributed by atoms with Crippen LogP contribution in [0.2, 0.25) is 0 Å². The van der Waals surface area contributed by atoms with Gasteiger partial charge in [0.15, 0.2) is 0 Å². The summed E-state index contributed by atoms with van der Waals surface area (Å²) in [6.45, 7) is 3.99. The molecule has 0 saturated heterocycles. The molecule has 42 heavy (non-hydrogen) atoms. The summed E-state index contributed by atoms with van der Waals surface area (Å²) >= 11 is 1.57. The van der Waals surface area contributed by atoms with Crippen LogP contribution < -0.4 is 26.6 Å². The van der Waals surface area contributed by atoms with Crippen molar-refractivity contribution in [3.05, 3.63) is 96.1 Å². The van der Waals surface area contributed by atoms with E-state index in [0.29, 0.717) is 18.8 Å². The molecule has 1 aliphatic rings. The Kier molecular flexibility index (Phi) is 8.51. The van der Waals surface area contributed by atoms with Gasteiger partial charge in [0.25, 0.3) is 5.91 Å². The lowest BCUT2D eigenvalue weighted by Crippen LogP contribution is -2.56. The summed E-state index contributed by atoms with van der Waals surface area (Å²) in [5, 5.41) is 10.5. The van der Waals surface area contributed by atoms with Crippen LogP contribution >= 0.6 is 11.8 Å². The Morgan fingerprint density at radius 1 is 0.976 bits per heavy atom. The number of carbonyl (C=O) groups is 3. The van der Waals surface area contributed by atoms with Gasteiger partial charge in [-0.15, -0.1) is 11.8 Å². The van der Waals surface area contributed by atoms with Crippen molar-refractivity contribution < 1.29 is 14.4 Å². The lowest BCUT2D eigenvalue weighted by Gasteiger charge is -2.28. The van der Waals surface area contributed by atoms with Gasteiger partial charge >= 0.3 is 6.03 Å². The summed E-state index contributed by atoms with van der Waals surface area (Å²) in [4.78, 5) is 41.3. The first kappa shape index (κ1) is 29.2. The molecule has 1 unspecified atom stereocenters. The van der Waals surface area contributed by atoms with E-state index in [1.165, 1.54) is 0 Å². The fourth-order valence-corrected chi connectivity index (χ4v) is 6.17. The molecule has 0 spiro atoms. The molecule has 0 radical (unpaired) electrons. The lowest BCUT2D eigenvalue weighted by atomic mass is 9.98. The third-order valence-corrected chi connectivity index (χ3v) is 8.51. The molecule has 0 aromatic heterocycles. The number of hydrogen-bond acceptors (Lipinski definition) is 5. The summed E-state index contributed by atoms with van der Waals surface area (Å²) in [7, 11) is 1.59. The van der Waals surface area contributed by atoms with Crippen molar-refractivity contribution in [2.45, 2.75) is 43.4 Å². The standard InChI is InChI=1S/C33H35N5O3S/c1-33(2,34)31(40)37-27-20-42-29-26-11-7-4-8-22(26)16-17-28(29)38(30(27)39)19-21-12-14-23(15-13-21)25-10-6-5-9-24(25)18-36-32(41)35-3/h4-17,27H,18-20,34H2,1-3H3,(H,37,40)(H2,35,36,41). The molecule has 4 aromatic carbocycles. The Morgan fingerprint density at radius 2 is 1.69 bits per heavy atom. The number of rotatable bonds is 7. The summed E-state index contributed by atoms with van der Waals surface area (Å²) in [5.74, 6) is -0.146. The minimum Gasteiger partial charge on any atom is -0.342 e. The van der Waals surface area contributed by atoms with Gasteiger partial charge in [-0.3, -0.25) is 9.59 Å². The summed E-state index contributed by atoms with van der Waals surface area (Å²) in [5.41, 5.74) is 9.73. The second-order valence-electron chi connectivity index (χ2n) is 10.9. The van der Waals surface area contributed by atoms with E-state index in [1.54, 1.807) is 37.6 Å². The minimum atomic E-state index is -1.11. The monoisotopic (exact) mass is 581 g/mol. The van der Waals surface area contributed by atoms with E-state index in [-0.39, 0.29) is 17.8 Å². The van der Waals surface area contributed by atoms with Gasteiger partial charge < -0.3 is 26.6 Å². The first-order valence-corrected chi connectivity index (χ1v) is 14.8. The highest BCUT2D eigenvalue weighted by Crippen LogP contribution is 2.40. The third kappa shape index (κ3) is 6.27. The summed E-state index contributed by atoms with van der Waals surface area (Å²) in [6, 6.07) is 27.2. The van der Waals surface area contributed by atoms with E-state index in [0.717, 1.165) is 43.6 Å². The van der Waals surface area contributed by atoms with Gasteiger partial charge in [0.2, 0.25) is 5.91 Å². The van der Waals surface area contributed by atoms with Crippen LogP contribution in [-0.4, -0.2) is 42.2 Å². The molecule has 4 amide bonds. The number of thioether (sulfide) groups is 1. The van der Waals surface area contributed by atoms with E-state index in [9.17, 15) is 14.4 Å². The number of urea groups is 1. The Labute approximate surface area is 250 Å². The molecule has 216 valence electrons. The van der Waals surface area contributed by atoms with Crippen LogP contribution in [0.25, 0.3) is 21.9 Å². The SMILES string of the molecule is CNC(=O)NCc1ccccc1-c1ccc(CN2C(=O)C(NC(=O)C(C)(C)N)CSc3c2ccc2ccccc32)cc1. The largest absolute Gasteiger partial charge is 0.342 e. The highest BCUT2D eigenvalue weighted by molar-refractivity contribution is 7.99. The zero-order valence-corrected chi connectivity index (χ0v) is 24.8.